The van der Waals surface area contributed by atoms with Crippen molar-refractivity contribution in [3.8, 4) is 0 Å². The molecule has 1 N–H and O–H groups in total. The summed E-state index contributed by atoms with van der Waals surface area (Å²) in [5.74, 6) is 1.69. The second kappa shape index (κ2) is 9.55. The maximum absolute atomic E-state index is 12.9. The number of carbonyl (C=O) groups excluding carboxylic acids is 2. The van der Waals surface area contributed by atoms with Gasteiger partial charge < -0.3 is 10.2 Å². The van der Waals surface area contributed by atoms with E-state index in [1.165, 1.54) is 6.42 Å². The molecule has 5 nitrogen and oxygen atoms in total. The highest BCUT2D eigenvalue weighted by Crippen LogP contribution is 2.26. The molecule has 2 heterocycles. The lowest BCUT2D eigenvalue weighted by molar-refractivity contribution is -0.139. The summed E-state index contributed by atoms with van der Waals surface area (Å²) in [4.78, 5) is 29.6. The molecular formula is C23H35N3O2. The number of benzene rings is 1. The topological polar surface area (TPSA) is 52.7 Å². The number of rotatable bonds is 5. The van der Waals surface area contributed by atoms with Crippen molar-refractivity contribution < 1.29 is 9.59 Å². The minimum atomic E-state index is 0.0318. The number of nitrogens with zero attached hydrogens (tertiary/aromatic N) is 2. The molecule has 1 aromatic rings. The van der Waals surface area contributed by atoms with Crippen LogP contribution in [0.3, 0.4) is 0 Å². The van der Waals surface area contributed by atoms with Crippen LogP contribution in [-0.4, -0.2) is 54.3 Å². The molecule has 1 aromatic carbocycles. The SMILES string of the molecule is CCc1ccccc1NC(=O)CN1CCC(C(=O)N2CC(C)CC(C)C2)CC1. The number of hydrogen-bond acceptors (Lipinski definition) is 3. The van der Waals surface area contributed by atoms with E-state index in [1.54, 1.807) is 0 Å². The van der Waals surface area contributed by atoms with Gasteiger partial charge in [-0.2, -0.15) is 0 Å². The number of para-hydroxylation sites is 1. The molecule has 0 aliphatic carbocycles. The first-order valence-electron chi connectivity index (χ1n) is 10.8. The summed E-state index contributed by atoms with van der Waals surface area (Å²) in [7, 11) is 0. The number of anilines is 1. The second-order valence-corrected chi connectivity index (χ2v) is 8.80. The lowest BCUT2D eigenvalue weighted by Crippen LogP contribution is -2.48. The molecule has 0 spiro atoms. The molecule has 2 aliphatic heterocycles. The van der Waals surface area contributed by atoms with Crippen molar-refractivity contribution in [1.82, 2.24) is 9.80 Å². The van der Waals surface area contributed by atoms with Crippen LogP contribution in [0.1, 0.15) is 45.6 Å². The minimum absolute atomic E-state index is 0.0318. The predicted octanol–water partition coefficient (Wildman–Crippen LogP) is 3.40. The van der Waals surface area contributed by atoms with Gasteiger partial charge in [-0.1, -0.05) is 39.0 Å². The zero-order valence-corrected chi connectivity index (χ0v) is 17.6. The molecule has 3 rings (SSSR count). The van der Waals surface area contributed by atoms with Crippen molar-refractivity contribution in [2.24, 2.45) is 17.8 Å². The largest absolute Gasteiger partial charge is 0.342 e. The smallest absolute Gasteiger partial charge is 0.238 e. The normalized spacial score (nSPS) is 24.2. The van der Waals surface area contributed by atoms with Crippen molar-refractivity contribution in [1.29, 1.82) is 0 Å². The Morgan fingerprint density at radius 2 is 1.71 bits per heavy atom. The van der Waals surface area contributed by atoms with E-state index in [0.717, 1.165) is 56.7 Å². The van der Waals surface area contributed by atoms with Crippen molar-refractivity contribution in [3.63, 3.8) is 0 Å². The van der Waals surface area contributed by atoms with Gasteiger partial charge in [0.1, 0.15) is 0 Å². The van der Waals surface area contributed by atoms with E-state index in [4.69, 9.17) is 0 Å². The van der Waals surface area contributed by atoms with Crippen molar-refractivity contribution in [2.75, 3.05) is 38.0 Å². The Bertz CT molecular complexity index is 672. The van der Waals surface area contributed by atoms with Gasteiger partial charge in [0, 0.05) is 24.7 Å². The highest BCUT2D eigenvalue weighted by Gasteiger charge is 2.32. The quantitative estimate of drug-likeness (QED) is 0.845. The van der Waals surface area contributed by atoms with Gasteiger partial charge in [0.15, 0.2) is 0 Å². The molecule has 0 bridgehead atoms. The van der Waals surface area contributed by atoms with Crippen LogP contribution in [0.15, 0.2) is 24.3 Å². The third-order valence-corrected chi connectivity index (χ3v) is 6.16. The van der Waals surface area contributed by atoms with E-state index >= 15 is 0 Å². The van der Waals surface area contributed by atoms with Crippen LogP contribution in [-0.2, 0) is 16.0 Å². The fourth-order valence-electron chi connectivity index (χ4n) is 4.78. The number of piperidine rings is 2. The van der Waals surface area contributed by atoms with E-state index < -0.39 is 0 Å². The summed E-state index contributed by atoms with van der Waals surface area (Å²) in [6.07, 6.45) is 3.84. The van der Waals surface area contributed by atoms with Crippen LogP contribution in [0.2, 0.25) is 0 Å². The lowest BCUT2D eigenvalue weighted by atomic mass is 9.89. The second-order valence-electron chi connectivity index (χ2n) is 8.80. The molecule has 2 saturated heterocycles. The molecule has 2 amide bonds. The minimum Gasteiger partial charge on any atom is -0.342 e. The number of likely N-dealkylation sites (tertiary alicyclic amines) is 2. The van der Waals surface area contributed by atoms with Crippen molar-refractivity contribution >= 4 is 17.5 Å². The van der Waals surface area contributed by atoms with Crippen LogP contribution in [0.4, 0.5) is 5.69 Å². The van der Waals surface area contributed by atoms with Gasteiger partial charge in [-0.3, -0.25) is 14.5 Å². The van der Waals surface area contributed by atoms with E-state index in [2.05, 4.69) is 42.0 Å². The molecule has 5 heteroatoms. The van der Waals surface area contributed by atoms with E-state index in [9.17, 15) is 9.59 Å². The Balaban J connectivity index is 1.46. The van der Waals surface area contributed by atoms with Crippen LogP contribution < -0.4 is 5.32 Å². The number of hydrogen-bond donors (Lipinski definition) is 1. The monoisotopic (exact) mass is 385 g/mol. The van der Waals surface area contributed by atoms with E-state index in [1.807, 2.05) is 18.2 Å². The molecular weight excluding hydrogens is 350 g/mol. The molecule has 2 atom stereocenters. The maximum Gasteiger partial charge on any atom is 0.238 e. The molecule has 2 unspecified atom stereocenters. The Kier molecular flexibility index (Phi) is 7.11. The molecule has 0 aromatic heterocycles. The maximum atomic E-state index is 12.9. The van der Waals surface area contributed by atoms with Crippen LogP contribution in [0.5, 0.6) is 0 Å². The molecule has 154 valence electrons. The van der Waals surface area contributed by atoms with Gasteiger partial charge >= 0.3 is 0 Å². The summed E-state index contributed by atoms with van der Waals surface area (Å²) < 4.78 is 0. The van der Waals surface area contributed by atoms with Gasteiger partial charge in [0.2, 0.25) is 11.8 Å². The van der Waals surface area contributed by atoms with Gasteiger partial charge in [0.25, 0.3) is 0 Å². The average Bonchev–Trinajstić information content (AvgIpc) is 2.67. The molecule has 2 aliphatic rings. The van der Waals surface area contributed by atoms with Crippen molar-refractivity contribution in [2.45, 2.75) is 46.5 Å². The van der Waals surface area contributed by atoms with Crippen LogP contribution in [0, 0.1) is 17.8 Å². The summed E-state index contributed by atoms with van der Waals surface area (Å²) in [6, 6.07) is 7.96. The Morgan fingerprint density at radius 3 is 2.36 bits per heavy atom. The van der Waals surface area contributed by atoms with Crippen LogP contribution in [0.25, 0.3) is 0 Å². The Hall–Kier alpha value is -1.88. The number of amides is 2. The first-order chi connectivity index (χ1) is 13.5. The lowest BCUT2D eigenvalue weighted by Gasteiger charge is -2.39. The van der Waals surface area contributed by atoms with E-state index in [-0.39, 0.29) is 11.8 Å². The van der Waals surface area contributed by atoms with Crippen molar-refractivity contribution in [3.05, 3.63) is 29.8 Å². The zero-order valence-electron chi connectivity index (χ0n) is 17.6. The third kappa shape index (κ3) is 5.34. The first-order valence-corrected chi connectivity index (χ1v) is 10.8. The van der Waals surface area contributed by atoms with Gasteiger partial charge in [-0.25, -0.2) is 0 Å². The summed E-state index contributed by atoms with van der Waals surface area (Å²) in [5.41, 5.74) is 2.07. The van der Waals surface area contributed by atoms with E-state index in [0.29, 0.717) is 24.3 Å². The fraction of sp³-hybridized carbons (Fsp3) is 0.652. The van der Waals surface area contributed by atoms with Gasteiger partial charge in [0.05, 0.1) is 6.54 Å². The molecule has 0 radical (unpaired) electrons. The van der Waals surface area contributed by atoms with Gasteiger partial charge in [-0.05, 0) is 62.2 Å². The third-order valence-electron chi connectivity index (χ3n) is 6.16. The fourth-order valence-corrected chi connectivity index (χ4v) is 4.78. The number of carbonyl (C=O) groups is 2. The summed E-state index contributed by atoms with van der Waals surface area (Å²) in [6.45, 7) is 10.4. The highest BCUT2D eigenvalue weighted by atomic mass is 16.2. The Labute approximate surface area is 169 Å². The average molecular weight is 386 g/mol. The Morgan fingerprint density at radius 1 is 1.07 bits per heavy atom. The van der Waals surface area contributed by atoms with Crippen LogP contribution >= 0.6 is 0 Å². The molecule has 28 heavy (non-hydrogen) atoms. The zero-order chi connectivity index (χ0) is 20.1. The number of aryl methyl sites for hydroxylation is 1. The highest BCUT2D eigenvalue weighted by molar-refractivity contribution is 5.93. The van der Waals surface area contributed by atoms with Gasteiger partial charge in [-0.15, -0.1) is 0 Å². The summed E-state index contributed by atoms with van der Waals surface area (Å²) in [5, 5.41) is 3.05. The number of nitrogens with one attached hydrogen (secondary N) is 1. The molecule has 0 saturated carbocycles. The summed E-state index contributed by atoms with van der Waals surface area (Å²) >= 11 is 0. The molecule has 2 fully saturated rings. The standard InChI is InChI=1S/C23H35N3O2/c1-4-19-7-5-6-8-21(19)24-22(27)16-25-11-9-20(10-12-25)23(28)26-14-17(2)13-18(3)15-26/h5-8,17-18,20H,4,9-16H2,1-3H3,(H,24,27). The first kappa shape index (κ1) is 20.8. The predicted molar refractivity (Wildman–Crippen MR) is 113 cm³/mol.